The molecule has 0 fully saturated rings. The molecule has 0 unspecified atom stereocenters. The van der Waals surface area contributed by atoms with Gasteiger partial charge in [-0.1, -0.05) is 96.4 Å². The smallest absolute Gasteiger partial charge is 0.00741 e. The molecule has 0 amide bonds. The Morgan fingerprint density at radius 2 is 0.824 bits per heavy atom. The zero-order valence-electron chi connectivity index (χ0n) is 18.7. The van der Waals surface area contributed by atoms with Crippen molar-refractivity contribution in [3.8, 4) is 0 Å². The fourth-order valence-electron chi connectivity index (χ4n) is 6.11. The molecule has 6 aromatic carbocycles. The number of benzene rings is 6. The lowest BCUT2D eigenvalue weighted by Gasteiger charge is -2.16. The molecule has 0 atom stereocenters. The summed E-state index contributed by atoms with van der Waals surface area (Å²) in [6.45, 7) is 0. The first kappa shape index (κ1) is 18.1. The van der Waals surface area contributed by atoms with Crippen LogP contribution in [0.15, 0.2) is 108 Å². The normalized spacial score (nSPS) is 14.4. The van der Waals surface area contributed by atoms with Gasteiger partial charge in [0.05, 0.1) is 0 Å². The van der Waals surface area contributed by atoms with Gasteiger partial charge in [-0.25, -0.2) is 0 Å². The summed E-state index contributed by atoms with van der Waals surface area (Å²) >= 11 is 0. The second-order valence-corrected chi connectivity index (χ2v) is 9.61. The van der Waals surface area contributed by atoms with Crippen molar-refractivity contribution in [1.82, 2.24) is 0 Å². The fraction of sp³-hybridized carbons (Fsp3) is 0.0588. The molecule has 2 aliphatic rings. The van der Waals surface area contributed by atoms with Gasteiger partial charge in [0.2, 0.25) is 0 Å². The Morgan fingerprint density at radius 1 is 0.412 bits per heavy atom. The first-order valence-electron chi connectivity index (χ1n) is 11.9. The van der Waals surface area contributed by atoms with Crippen molar-refractivity contribution in [2.24, 2.45) is 0 Å². The van der Waals surface area contributed by atoms with E-state index in [-0.39, 0.29) is 0 Å². The van der Waals surface area contributed by atoms with Crippen molar-refractivity contribution < 1.29 is 0 Å². The van der Waals surface area contributed by atoms with Gasteiger partial charge in [-0.3, -0.25) is 0 Å². The van der Waals surface area contributed by atoms with Crippen LogP contribution >= 0.6 is 0 Å². The molecule has 0 nitrogen and oxygen atoms in total. The maximum Gasteiger partial charge on any atom is 0.00741 e. The highest BCUT2D eigenvalue weighted by Crippen LogP contribution is 2.31. The molecule has 0 saturated heterocycles. The molecular weight excluding hydrogens is 408 g/mol. The summed E-state index contributed by atoms with van der Waals surface area (Å²) in [5.41, 5.74) is 12.3. The quantitative estimate of drug-likeness (QED) is 0.236. The summed E-state index contributed by atoms with van der Waals surface area (Å²) in [6.07, 6.45) is 6.40. The Bertz CT molecular complexity index is 1890. The van der Waals surface area contributed by atoms with E-state index in [2.05, 4.69) is 109 Å². The minimum Gasteiger partial charge on any atom is -0.0661 e. The van der Waals surface area contributed by atoms with Gasteiger partial charge in [0, 0.05) is 24.0 Å². The van der Waals surface area contributed by atoms with Crippen LogP contribution in [0.1, 0.15) is 11.1 Å². The van der Waals surface area contributed by atoms with Crippen LogP contribution in [0.4, 0.5) is 0 Å². The van der Waals surface area contributed by atoms with Crippen LogP contribution in [0.2, 0.25) is 0 Å². The minimum atomic E-state index is 0.901. The summed E-state index contributed by atoms with van der Waals surface area (Å²) in [5, 5.41) is 13.4. The van der Waals surface area contributed by atoms with Gasteiger partial charge in [0.1, 0.15) is 0 Å². The van der Waals surface area contributed by atoms with E-state index in [1.165, 1.54) is 75.8 Å². The van der Waals surface area contributed by atoms with Crippen molar-refractivity contribution in [3.63, 3.8) is 0 Å². The molecule has 0 heterocycles. The van der Waals surface area contributed by atoms with E-state index in [1.807, 2.05) is 0 Å². The van der Waals surface area contributed by atoms with Gasteiger partial charge in [-0.2, -0.15) is 0 Å². The SMILES string of the molecule is C(=C=C1C=c2ccc3cccc4ccc(c2c43)C1)=C1C=c2ccc3cccc4ccc(c2c43)C1. The molecule has 0 N–H and O–H groups in total. The van der Waals surface area contributed by atoms with E-state index in [4.69, 9.17) is 0 Å². The van der Waals surface area contributed by atoms with Gasteiger partial charge < -0.3 is 0 Å². The standard InChI is InChI=1S/C34H20/c1-3-23-9-13-27-17-21(18-28-14-10-24(4-1)31(23)33(27)28)7-8-22-19-29-15-11-25-5-2-6-26-12-16-30(20-22)34(29)32(25)26/h1-6,9-17,19H,18,20H2. The molecule has 0 aliphatic heterocycles. The second-order valence-electron chi connectivity index (χ2n) is 9.61. The molecular formula is C34H20. The van der Waals surface area contributed by atoms with Gasteiger partial charge in [0.25, 0.3) is 0 Å². The van der Waals surface area contributed by atoms with Crippen LogP contribution in [-0.4, -0.2) is 0 Å². The first-order valence-corrected chi connectivity index (χ1v) is 11.9. The van der Waals surface area contributed by atoms with E-state index >= 15 is 0 Å². The number of allylic oxidation sites excluding steroid dienone is 2. The molecule has 8 rings (SSSR count). The molecule has 0 spiro atoms. The Kier molecular flexibility index (Phi) is 3.52. The van der Waals surface area contributed by atoms with Crippen LogP contribution in [-0.2, 0) is 12.8 Å². The molecule has 34 heavy (non-hydrogen) atoms. The van der Waals surface area contributed by atoms with Crippen molar-refractivity contribution in [2.75, 3.05) is 0 Å². The Balaban J connectivity index is 1.35. The number of rotatable bonds is 0. The van der Waals surface area contributed by atoms with Gasteiger partial charge in [-0.05, 0) is 76.8 Å². The Morgan fingerprint density at radius 3 is 1.26 bits per heavy atom. The molecule has 0 bridgehead atoms. The zero-order chi connectivity index (χ0) is 22.2. The van der Waals surface area contributed by atoms with Gasteiger partial charge in [0.15, 0.2) is 0 Å². The number of hydrogen-bond acceptors (Lipinski definition) is 0. The molecule has 0 radical (unpaired) electrons. The van der Waals surface area contributed by atoms with Crippen LogP contribution in [0, 0.1) is 0 Å². The van der Waals surface area contributed by atoms with E-state index in [9.17, 15) is 0 Å². The van der Waals surface area contributed by atoms with Gasteiger partial charge >= 0.3 is 0 Å². The highest BCUT2D eigenvalue weighted by Gasteiger charge is 2.14. The monoisotopic (exact) mass is 428 g/mol. The molecule has 0 saturated carbocycles. The van der Waals surface area contributed by atoms with Crippen LogP contribution in [0.3, 0.4) is 0 Å². The maximum absolute atomic E-state index is 3.54. The average Bonchev–Trinajstić information content (AvgIpc) is 2.89. The van der Waals surface area contributed by atoms with E-state index in [0.29, 0.717) is 0 Å². The third-order valence-corrected chi connectivity index (χ3v) is 7.60. The lowest BCUT2D eigenvalue weighted by molar-refractivity contribution is 1.22. The van der Waals surface area contributed by atoms with Crippen molar-refractivity contribution in [1.29, 1.82) is 0 Å². The highest BCUT2D eigenvalue weighted by molar-refractivity contribution is 6.13. The fourth-order valence-corrected chi connectivity index (χ4v) is 6.11. The maximum atomic E-state index is 3.54. The Labute approximate surface area is 197 Å². The van der Waals surface area contributed by atoms with Crippen LogP contribution in [0.5, 0.6) is 0 Å². The van der Waals surface area contributed by atoms with Crippen molar-refractivity contribution in [2.45, 2.75) is 12.8 Å². The van der Waals surface area contributed by atoms with Crippen molar-refractivity contribution in [3.05, 3.63) is 129 Å². The second kappa shape index (κ2) is 6.60. The molecule has 0 heteroatoms. The van der Waals surface area contributed by atoms with Crippen molar-refractivity contribution >= 4 is 55.2 Å². The lowest BCUT2D eigenvalue weighted by Crippen LogP contribution is -2.11. The molecule has 6 aromatic rings. The van der Waals surface area contributed by atoms with Crippen LogP contribution in [0.25, 0.3) is 55.2 Å². The van der Waals surface area contributed by atoms with E-state index in [0.717, 1.165) is 12.8 Å². The van der Waals surface area contributed by atoms with Gasteiger partial charge in [-0.15, -0.1) is 0 Å². The summed E-state index contributed by atoms with van der Waals surface area (Å²) < 4.78 is 0. The lowest BCUT2D eigenvalue weighted by atomic mass is 9.88. The average molecular weight is 429 g/mol. The van der Waals surface area contributed by atoms with E-state index in [1.54, 1.807) is 0 Å². The summed E-state index contributed by atoms with van der Waals surface area (Å²) in [5.74, 6) is 0. The summed E-state index contributed by atoms with van der Waals surface area (Å²) in [6, 6.07) is 31.2. The summed E-state index contributed by atoms with van der Waals surface area (Å²) in [7, 11) is 0. The van der Waals surface area contributed by atoms with E-state index < -0.39 is 0 Å². The first-order chi connectivity index (χ1) is 16.8. The zero-order valence-corrected chi connectivity index (χ0v) is 18.7. The summed E-state index contributed by atoms with van der Waals surface area (Å²) in [4.78, 5) is 0. The molecule has 156 valence electrons. The Hall–Kier alpha value is -4.34. The largest absolute Gasteiger partial charge is 0.0661 e. The highest BCUT2D eigenvalue weighted by atomic mass is 14.2. The minimum absolute atomic E-state index is 0.901. The van der Waals surface area contributed by atoms with Crippen LogP contribution < -0.4 is 10.4 Å². The molecule has 2 aliphatic carbocycles. The third-order valence-electron chi connectivity index (χ3n) is 7.60. The third kappa shape index (κ3) is 2.50. The predicted molar refractivity (Wildman–Crippen MR) is 144 cm³/mol. The number of hydrogen-bond donors (Lipinski definition) is 0. The topological polar surface area (TPSA) is 0 Å². The molecule has 0 aromatic heterocycles. The predicted octanol–water partition coefficient (Wildman–Crippen LogP) is 6.72.